The van der Waals surface area contributed by atoms with Crippen LogP contribution in [0.25, 0.3) is 11.1 Å². The summed E-state index contributed by atoms with van der Waals surface area (Å²) in [5.74, 6) is -0.417. The quantitative estimate of drug-likeness (QED) is 0.843. The fraction of sp³-hybridized carbons (Fsp3) is 0.200. The van der Waals surface area contributed by atoms with Crippen molar-refractivity contribution in [2.24, 2.45) is 7.05 Å². The minimum atomic E-state index is -0.535. The molecule has 2 aromatic rings. The van der Waals surface area contributed by atoms with Crippen LogP contribution < -0.4 is 10.3 Å². The lowest BCUT2D eigenvalue weighted by Gasteiger charge is -2.10. The van der Waals surface area contributed by atoms with E-state index in [0.29, 0.717) is 16.8 Å². The van der Waals surface area contributed by atoms with E-state index in [4.69, 9.17) is 10.00 Å². The van der Waals surface area contributed by atoms with Crippen molar-refractivity contribution in [2.45, 2.75) is 6.92 Å². The molecule has 0 unspecified atom stereocenters. The van der Waals surface area contributed by atoms with Crippen LogP contribution in [0, 0.1) is 24.1 Å². The molecule has 0 bridgehead atoms. The van der Waals surface area contributed by atoms with Gasteiger partial charge in [-0.05, 0) is 30.7 Å². The number of nitriles is 1. The monoisotopic (exact) mass is 272 g/mol. The predicted molar refractivity (Wildman–Crippen MR) is 73.1 cm³/mol. The second-order valence-corrected chi connectivity index (χ2v) is 4.40. The number of aryl methyl sites for hydroxylation is 1. The van der Waals surface area contributed by atoms with E-state index < -0.39 is 11.4 Å². The molecule has 0 aliphatic rings. The molecule has 0 atom stereocenters. The van der Waals surface area contributed by atoms with Crippen LogP contribution in [-0.2, 0) is 7.05 Å². The minimum absolute atomic E-state index is 0.00247. The van der Waals surface area contributed by atoms with Crippen LogP contribution in [0.1, 0.15) is 11.3 Å². The molecule has 5 heteroatoms. The van der Waals surface area contributed by atoms with Gasteiger partial charge in [-0.15, -0.1) is 0 Å². The summed E-state index contributed by atoms with van der Waals surface area (Å²) in [4.78, 5) is 12.0. The summed E-state index contributed by atoms with van der Waals surface area (Å²) >= 11 is 0. The average Bonchev–Trinajstić information content (AvgIpc) is 2.44. The molecule has 0 saturated heterocycles. The van der Waals surface area contributed by atoms with Crippen molar-refractivity contribution in [2.75, 3.05) is 7.11 Å². The fourth-order valence-corrected chi connectivity index (χ4v) is 1.99. The first-order valence-corrected chi connectivity index (χ1v) is 5.94. The maximum atomic E-state index is 13.8. The molecular formula is C15H13FN2O2. The Morgan fingerprint density at radius 2 is 2.05 bits per heavy atom. The molecule has 0 radical (unpaired) electrons. The first-order valence-electron chi connectivity index (χ1n) is 5.94. The molecule has 2 rings (SSSR count). The van der Waals surface area contributed by atoms with Gasteiger partial charge in [0.25, 0.3) is 5.56 Å². The van der Waals surface area contributed by atoms with Gasteiger partial charge in [-0.25, -0.2) is 4.39 Å². The maximum absolute atomic E-state index is 13.8. The maximum Gasteiger partial charge on any atom is 0.269 e. The van der Waals surface area contributed by atoms with Crippen LogP contribution in [0.5, 0.6) is 5.75 Å². The molecule has 0 spiro atoms. The summed E-state index contributed by atoms with van der Waals surface area (Å²) in [6.07, 6.45) is 0. The third-order valence-electron chi connectivity index (χ3n) is 3.24. The van der Waals surface area contributed by atoms with Crippen molar-refractivity contribution in [1.82, 2.24) is 4.57 Å². The molecule has 4 nitrogen and oxygen atoms in total. The van der Waals surface area contributed by atoms with E-state index >= 15 is 0 Å². The van der Waals surface area contributed by atoms with Crippen molar-refractivity contribution in [3.8, 4) is 22.9 Å². The summed E-state index contributed by atoms with van der Waals surface area (Å²) < 4.78 is 20.0. The molecular weight excluding hydrogens is 259 g/mol. The second kappa shape index (κ2) is 5.17. The smallest absolute Gasteiger partial charge is 0.269 e. The number of aromatic nitrogens is 1. The number of pyridine rings is 1. The third kappa shape index (κ3) is 2.16. The van der Waals surface area contributed by atoms with Gasteiger partial charge in [0.1, 0.15) is 11.6 Å². The number of hydrogen-bond donors (Lipinski definition) is 0. The molecule has 0 fully saturated rings. The van der Waals surface area contributed by atoms with E-state index in [1.54, 1.807) is 26.1 Å². The van der Waals surface area contributed by atoms with E-state index in [2.05, 4.69) is 0 Å². The Balaban J connectivity index is 2.74. The number of benzene rings is 1. The summed E-state index contributed by atoms with van der Waals surface area (Å²) in [7, 11) is 2.97. The van der Waals surface area contributed by atoms with Gasteiger partial charge in [0.15, 0.2) is 11.6 Å². The number of rotatable bonds is 2. The lowest BCUT2D eigenvalue weighted by Crippen LogP contribution is -2.22. The van der Waals surface area contributed by atoms with Crippen molar-refractivity contribution in [1.29, 1.82) is 5.26 Å². The number of nitrogens with zero attached hydrogens (tertiary/aromatic N) is 2. The topological polar surface area (TPSA) is 55.0 Å². The first-order chi connectivity index (χ1) is 9.49. The summed E-state index contributed by atoms with van der Waals surface area (Å²) in [6, 6.07) is 7.94. The minimum Gasteiger partial charge on any atom is -0.494 e. The Kier molecular flexibility index (Phi) is 3.57. The van der Waals surface area contributed by atoms with Crippen LogP contribution in [0.3, 0.4) is 0 Å². The van der Waals surface area contributed by atoms with Crippen LogP contribution >= 0.6 is 0 Å². The average molecular weight is 272 g/mol. The molecule has 1 aromatic heterocycles. The Bertz CT molecular complexity index is 773. The highest BCUT2D eigenvalue weighted by Gasteiger charge is 2.14. The van der Waals surface area contributed by atoms with Gasteiger partial charge < -0.3 is 9.30 Å². The number of methoxy groups -OCH3 is 1. The highest BCUT2D eigenvalue weighted by molar-refractivity contribution is 5.71. The predicted octanol–water partition coefficient (Wildman–Crippen LogP) is 2.38. The van der Waals surface area contributed by atoms with E-state index in [1.165, 1.54) is 23.8 Å². The second-order valence-electron chi connectivity index (χ2n) is 4.40. The zero-order valence-electron chi connectivity index (χ0n) is 11.4. The van der Waals surface area contributed by atoms with Gasteiger partial charge in [0.05, 0.1) is 7.11 Å². The van der Waals surface area contributed by atoms with Gasteiger partial charge in [0, 0.05) is 18.3 Å². The van der Waals surface area contributed by atoms with E-state index in [0.717, 1.165) is 0 Å². The van der Waals surface area contributed by atoms with Gasteiger partial charge in [-0.2, -0.15) is 5.26 Å². The summed E-state index contributed by atoms with van der Waals surface area (Å²) in [6.45, 7) is 1.76. The molecule has 0 N–H and O–H groups in total. The van der Waals surface area contributed by atoms with Crippen molar-refractivity contribution >= 4 is 0 Å². The molecule has 1 aromatic carbocycles. The number of halogens is 1. The summed E-state index contributed by atoms with van der Waals surface area (Å²) in [5, 5.41) is 9.16. The molecule has 0 aliphatic carbocycles. The Morgan fingerprint density at radius 3 is 2.60 bits per heavy atom. The Hall–Kier alpha value is -2.61. The lowest BCUT2D eigenvalue weighted by atomic mass is 10.0. The van der Waals surface area contributed by atoms with Crippen LogP contribution in [0.2, 0.25) is 0 Å². The number of hydrogen-bond acceptors (Lipinski definition) is 3. The van der Waals surface area contributed by atoms with Crippen molar-refractivity contribution in [3.63, 3.8) is 0 Å². The SMILES string of the molecule is COc1ccc(-c2cc(C)n(C)c(=O)c2C#N)cc1F. The normalized spacial score (nSPS) is 10.2. The van der Waals surface area contributed by atoms with Crippen molar-refractivity contribution in [3.05, 3.63) is 51.7 Å². The zero-order chi connectivity index (χ0) is 14.9. The van der Waals surface area contributed by atoms with Gasteiger partial charge >= 0.3 is 0 Å². The van der Waals surface area contributed by atoms with E-state index in [9.17, 15) is 9.18 Å². The van der Waals surface area contributed by atoms with Crippen LogP contribution in [-0.4, -0.2) is 11.7 Å². The van der Waals surface area contributed by atoms with Crippen LogP contribution in [0.15, 0.2) is 29.1 Å². The number of ether oxygens (including phenoxy) is 1. The molecule has 1 heterocycles. The van der Waals surface area contributed by atoms with E-state index in [-0.39, 0.29) is 11.3 Å². The lowest BCUT2D eigenvalue weighted by molar-refractivity contribution is 0.386. The van der Waals surface area contributed by atoms with Crippen molar-refractivity contribution < 1.29 is 9.13 Å². The highest BCUT2D eigenvalue weighted by Crippen LogP contribution is 2.27. The van der Waals surface area contributed by atoms with Gasteiger partial charge in [0.2, 0.25) is 0 Å². The van der Waals surface area contributed by atoms with E-state index in [1.807, 2.05) is 6.07 Å². The molecule has 0 amide bonds. The molecule has 0 saturated carbocycles. The molecule has 20 heavy (non-hydrogen) atoms. The standard InChI is InChI=1S/C15H13FN2O2/c1-9-6-11(12(8-17)15(19)18(9)2)10-4-5-14(20-3)13(16)7-10/h4-7H,1-3H3. The zero-order valence-corrected chi connectivity index (χ0v) is 11.4. The van der Waals surface area contributed by atoms with Gasteiger partial charge in [-0.1, -0.05) is 6.07 Å². The van der Waals surface area contributed by atoms with Gasteiger partial charge in [-0.3, -0.25) is 4.79 Å². The molecule has 102 valence electrons. The van der Waals surface area contributed by atoms with Crippen LogP contribution in [0.4, 0.5) is 4.39 Å². The Labute approximate surface area is 115 Å². The Morgan fingerprint density at radius 1 is 1.35 bits per heavy atom. The first kappa shape index (κ1) is 13.8. The third-order valence-corrected chi connectivity index (χ3v) is 3.24. The highest BCUT2D eigenvalue weighted by atomic mass is 19.1. The molecule has 0 aliphatic heterocycles. The fourth-order valence-electron chi connectivity index (χ4n) is 1.99. The largest absolute Gasteiger partial charge is 0.494 e. The summed E-state index contributed by atoms with van der Waals surface area (Å²) in [5.41, 5.74) is 1.21.